The van der Waals surface area contributed by atoms with Crippen molar-refractivity contribution < 1.29 is 0 Å². The number of pyridine rings is 1. The van der Waals surface area contributed by atoms with Crippen LogP contribution in [0.2, 0.25) is 0 Å². The Morgan fingerprint density at radius 1 is 1.17 bits per heavy atom. The highest BCUT2D eigenvalue weighted by Gasteiger charge is 2.13. The number of hydrogen-bond donors (Lipinski definition) is 1. The number of nitrogens with two attached hydrogens (primary N) is 1. The van der Waals surface area contributed by atoms with Gasteiger partial charge in [0.15, 0.2) is 5.65 Å². The molecule has 0 unspecified atom stereocenters. The highest BCUT2D eigenvalue weighted by molar-refractivity contribution is 5.77. The minimum Gasteiger partial charge on any atom is -0.369 e. The van der Waals surface area contributed by atoms with Gasteiger partial charge in [0.2, 0.25) is 5.95 Å². The molecule has 0 saturated carbocycles. The zero-order valence-corrected chi connectivity index (χ0v) is 9.41. The van der Waals surface area contributed by atoms with Gasteiger partial charge >= 0.3 is 0 Å². The second-order valence-corrected chi connectivity index (χ2v) is 3.78. The number of anilines is 1. The molecule has 5 heteroatoms. The molecule has 18 heavy (non-hydrogen) atoms. The Balaban J connectivity index is 2.39. The first kappa shape index (κ1) is 10.3. The van der Waals surface area contributed by atoms with Gasteiger partial charge in [-0.05, 0) is 24.3 Å². The number of aromatic nitrogens is 3. The third-order valence-electron chi connectivity index (χ3n) is 2.71. The highest BCUT2D eigenvalue weighted by Crippen LogP contribution is 2.23. The largest absolute Gasteiger partial charge is 0.369 e. The molecule has 0 aliphatic carbocycles. The number of fused-ring (bicyclic) bond motifs is 1. The minimum absolute atomic E-state index is 0.325. The van der Waals surface area contributed by atoms with Gasteiger partial charge < -0.3 is 5.73 Å². The normalized spacial score (nSPS) is 10.4. The summed E-state index contributed by atoms with van der Waals surface area (Å²) in [6.07, 6.45) is 1.68. The van der Waals surface area contributed by atoms with Gasteiger partial charge in [-0.2, -0.15) is 5.26 Å². The lowest BCUT2D eigenvalue weighted by Crippen LogP contribution is -2.03. The fourth-order valence-corrected chi connectivity index (χ4v) is 1.93. The fourth-order valence-electron chi connectivity index (χ4n) is 1.93. The zero-order chi connectivity index (χ0) is 12.5. The van der Waals surface area contributed by atoms with Crippen LogP contribution in [0.1, 0.15) is 5.56 Å². The molecule has 3 aromatic rings. The SMILES string of the molecule is N#Cc1ccccc1-n1c(N)nc2cccnc21. The van der Waals surface area contributed by atoms with Crippen LogP contribution in [0, 0.1) is 11.3 Å². The van der Waals surface area contributed by atoms with Crippen LogP contribution in [0.3, 0.4) is 0 Å². The van der Waals surface area contributed by atoms with E-state index in [2.05, 4.69) is 16.0 Å². The Labute approximate surface area is 103 Å². The maximum atomic E-state index is 9.14. The lowest BCUT2D eigenvalue weighted by Gasteiger charge is -2.07. The zero-order valence-electron chi connectivity index (χ0n) is 9.41. The van der Waals surface area contributed by atoms with Gasteiger partial charge in [0.05, 0.1) is 11.3 Å². The standard InChI is InChI=1S/C13H9N5/c14-8-9-4-1-2-6-11(9)18-12-10(17-13(18)15)5-3-7-16-12/h1-7H,(H2,15,17). The van der Waals surface area contributed by atoms with E-state index in [9.17, 15) is 0 Å². The van der Waals surface area contributed by atoms with Crippen LogP contribution in [-0.2, 0) is 0 Å². The van der Waals surface area contributed by atoms with E-state index in [1.807, 2.05) is 24.3 Å². The summed E-state index contributed by atoms with van der Waals surface area (Å²) in [5.74, 6) is 0.325. The van der Waals surface area contributed by atoms with E-state index in [0.29, 0.717) is 28.4 Å². The number of imidazole rings is 1. The van der Waals surface area contributed by atoms with E-state index in [4.69, 9.17) is 11.0 Å². The van der Waals surface area contributed by atoms with Crippen molar-refractivity contribution in [2.45, 2.75) is 0 Å². The summed E-state index contributed by atoms with van der Waals surface area (Å²) in [6.45, 7) is 0. The van der Waals surface area contributed by atoms with Gasteiger partial charge in [-0.1, -0.05) is 12.1 Å². The monoisotopic (exact) mass is 235 g/mol. The first-order valence-electron chi connectivity index (χ1n) is 5.39. The van der Waals surface area contributed by atoms with Crippen molar-refractivity contribution in [3.63, 3.8) is 0 Å². The molecular weight excluding hydrogens is 226 g/mol. The number of benzene rings is 1. The number of hydrogen-bond acceptors (Lipinski definition) is 4. The fraction of sp³-hybridized carbons (Fsp3) is 0. The van der Waals surface area contributed by atoms with Gasteiger partial charge in [0.25, 0.3) is 0 Å². The molecule has 0 radical (unpaired) electrons. The molecule has 0 amide bonds. The molecule has 0 bridgehead atoms. The second-order valence-electron chi connectivity index (χ2n) is 3.78. The highest BCUT2D eigenvalue weighted by atomic mass is 15.2. The van der Waals surface area contributed by atoms with Crippen LogP contribution >= 0.6 is 0 Å². The Morgan fingerprint density at radius 3 is 2.83 bits per heavy atom. The maximum Gasteiger partial charge on any atom is 0.207 e. The third kappa shape index (κ3) is 1.40. The van der Waals surface area contributed by atoms with E-state index >= 15 is 0 Å². The van der Waals surface area contributed by atoms with Crippen LogP contribution < -0.4 is 5.73 Å². The molecule has 2 heterocycles. The van der Waals surface area contributed by atoms with Crippen molar-refractivity contribution in [1.82, 2.24) is 14.5 Å². The molecule has 3 rings (SSSR count). The van der Waals surface area contributed by atoms with Crippen LogP contribution in [0.15, 0.2) is 42.6 Å². The predicted molar refractivity (Wildman–Crippen MR) is 68.0 cm³/mol. The summed E-state index contributed by atoms with van der Waals surface area (Å²) in [4.78, 5) is 8.50. The van der Waals surface area contributed by atoms with Crippen LogP contribution in [-0.4, -0.2) is 14.5 Å². The van der Waals surface area contributed by atoms with Gasteiger partial charge in [-0.25, -0.2) is 9.97 Å². The lowest BCUT2D eigenvalue weighted by atomic mass is 10.2. The molecule has 5 nitrogen and oxygen atoms in total. The number of para-hydroxylation sites is 1. The maximum absolute atomic E-state index is 9.14. The van der Waals surface area contributed by atoms with Crippen molar-refractivity contribution in [1.29, 1.82) is 5.26 Å². The van der Waals surface area contributed by atoms with Crippen LogP contribution in [0.25, 0.3) is 16.9 Å². The first-order chi connectivity index (χ1) is 8.81. The molecule has 0 aliphatic heterocycles. The molecule has 0 fully saturated rings. The average molecular weight is 235 g/mol. The van der Waals surface area contributed by atoms with Gasteiger partial charge in [-0.3, -0.25) is 4.57 Å². The summed E-state index contributed by atoms with van der Waals surface area (Å²) in [7, 11) is 0. The van der Waals surface area contributed by atoms with Crippen LogP contribution in [0.4, 0.5) is 5.95 Å². The average Bonchev–Trinajstić information content (AvgIpc) is 2.74. The first-order valence-corrected chi connectivity index (χ1v) is 5.39. The molecule has 0 spiro atoms. The van der Waals surface area contributed by atoms with E-state index < -0.39 is 0 Å². The third-order valence-corrected chi connectivity index (χ3v) is 2.71. The van der Waals surface area contributed by atoms with Crippen molar-refractivity contribution in [2.75, 3.05) is 5.73 Å². The van der Waals surface area contributed by atoms with Crippen LogP contribution in [0.5, 0.6) is 0 Å². The summed E-state index contributed by atoms with van der Waals surface area (Å²) >= 11 is 0. The second kappa shape index (κ2) is 3.86. The molecule has 0 aliphatic rings. The molecule has 2 N–H and O–H groups in total. The Kier molecular flexibility index (Phi) is 2.21. The molecule has 0 saturated heterocycles. The van der Waals surface area contributed by atoms with Gasteiger partial charge in [-0.15, -0.1) is 0 Å². The van der Waals surface area contributed by atoms with E-state index in [1.165, 1.54) is 0 Å². The quantitative estimate of drug-likeness (QED) is 0.698. The molecular formula is C13H9N5. The number of nitrogens with zero attached hydrogens (tertiary/aromatic N) is 4. The number of rotatable bonds is 1. The Morgan fingerprint density at radius 2 is 2.00 bits per heavy atom. The smallest absolute Gasteiger partial charge is 0.207 e. The number of nitrogen functional groups attached to an aromatic ring is 1. The van der Waals surface area contributed by atoms with Crippen molar-refractivity contribution in [3.05, 3.63) is 48.2 Å². The molecule has 0 atom stereocenters. The number of nitriles is 1. The summed E-state index contributed by atoms with van der Waals surface area (Å²) in [5.41, 5.74) is 8.50. The lowest BCUT2D eigenvalue weighted by molar-refractivity contribution is 1.08. The van der Waals surface area contributed by atoms with Gasteiger partial charge in [0.1, 0.15) is 11.6 Å². The van der Waals surface area contributed by atoms with Gasteiger partial charge in [0, 0.05) is 6.20 Å². The topological polar surface area (TPSA) is 80.5 Å². The summed E-state index contributed by atoms with van der Waals surface area (Å²) in [6, 6.07) is 13.0. The van der Waals surface area contributed by atoms with Crippen molar-refractivity contribution in [3.8, 4) is 11.8 Å². The molecule has 86 valence electrons. The predicted octanol–water partition coefficient (Wildman–Crippen LogP) is 1.87. The van der Waals surface area contributed by atoms with Crippen molar-refractivity contribution in [2.24, 2.45) is 0 Å². The Bertz CT molecular complexity index is 766. The Hall–Kier alpha value is -2.87. The van der Waals surface area contributed by atoms with E-state index in [-0.39, 0.29) is 0 Å². The molecule has 1 aromatic carbocycles. The minimum atomic E-state index is 0.325. The summed E-state index contributed by atoms with van der Waals surface area (Å²) < 4.78 is 1.69. The summed E-state index contributed by atoms with van der Waals surface area (Å²) in [5, 5.41) is 9.14. The van der Waals surface area contributed by atoms with E-state index in [1.54, 1.807) is 22.9 Å². The molecule has 2 aromatic heterocycles. The van der Waals surface area contributed by atoms with Crippen molar-refractivity contribution >= 4 is 17.1 Å². The van der Waals surface area contributed by atoms with E-state index in [0.717, 1.165) is 0 Å².